The first-order valence-corrected chi connectivity index (χ1v) is 4.75. The topological polar surface area (TPSA) is 12.5 Å². The minimum absolute atomic E-state index is 0.454. The van der Waals surface area contributed by atoms with Crippen LogP contribution in [0.4, 0.5) is 8.78 Å². The molecule has 0 atom stereocenters. The Labute approximate surface area is 88.5 Å². The molecule has 0 heterocycles. The zero-order valence-corrected chi connectivity index (χ0v) is 8.96. The Hall–Kier alpha value is -1.00. The van der Waals surface area contributed by atoms with Crippen molar-refractivity contribution < 1.29 is 13.5 Å². The maximum absolute atomic E-state index is 13.2. The number of methoxy groups -OCH3 is 1. The van der Waals surface area contributed by atoms with Gasteiger partial charge in [-0.2, -0.15) is 0 Å². The number of halogens is 2. The van der Waals surface area contributed by atoms with Gasteiger partial charge in [-0.05, 0) is 13.1 Å². The van der Waals surface area contributed by atoms with Crippen molar-refractivity contribution in [3.8, 4) is 0 Å². The molecular weight excluding hydrogens is 200 g/mol. The van der Waals surface area contributed by atoms with E-state index in [4.69, 9.17) is 4.74 Å². The Morgan fingerprint density at radius 2 is 2.07 bits per heavy atom. The van der Waals surface area contributed by atoms with Gasteiger partial charge in [-0.25, -0.2) is 8.78 Å². The molecule has 0 fully saturated rings. The lowest BCUT2D eigenvalue weighted by Crippen LogP contribution is -2.22. The van der Waals surface area contributed by atoms with E-state index in [-0.39, 0.29) is 0 Å². The summed E-state index contributed by atoms with van der Waals surface area (Å²) in [5, 5.41) is 0. The van der Waals surface area contributed by atoms with Gasteiger partial charge in [0.15, 0.2) is 0 Å². The third-order valence-electron chi connectivity index (χ3n) is 2.13. The number of hydrogen-bond acceptors (Lipinski definition) is 2. The molecule has 0 saturated heterocycles. The highest BCUT2D eigenvalue weighted by Crippen LogP contribution is 2.11. The highest BCUT2D eigenvalue weighted by atomic mass is 19.1. The van der Waals surface area contributed by atoms with Crippen molar-refractivity contribution in [3.05, 3.63) is 35.4 Å². The number of benzene rings is 1. The van der Waals surface area contributed by atoms with Crippen molar-refractivity contribution in [3.63, 3.8) is 0 Å². The molecule has 0 aliphatic rings. The van der Waals surface area contributed by atoms with Crippen LogP contribution in [0.1, 0.15) is 5.56 Å². The van der Waals surface area contributed by atoms with E-state index in [2.05, 4.69) is 0 Å². The second-order valence-corrected chi connectivity index (χ2v) is 3.47. The average molecular weight is 215 g/mol. The van der Waals surface area contributed by atoms with Crippen LogP contribution < -0.4 is 0 Å². The molecule has 1 aromatic rings. The molecule has 84 valence electrons. The number of hydrogen-bond donors (Lipinski definition) is 0. The molecule has 0 N–H and O–H groups in total. The van der Waals surface area contributed by atoms with Crippen molar-refractivity contribution >= 4 is 0 Å². The van der Waals surface area contributed by atoms with Crippen LogP contribution in [-0.2, 0) is 11.3 Å². The summed E-state index contributed by atoms with van der Waals surface area (Å²) >= 11 is 0. The SMILES string of the molecule is COCCN(C)Cc1ccc(F)cc1F. The van der Waals surface area contributed by atoms with Crippen molar-refractivity contribution in [1.29, 1.82) is 0 Å². The largest absolute Gasteiger partial charge is 0.383 e. The molecule has 0 aromatic heterocycles. The normalized spacial score (nSPS) is 11.0. The number of rotatable bonds is 5. The van der Waals surface area contributed by atoms with E-state index < -0.39 is 11.6 Å². The fourth-order valence-electron chi connectivity index (χ4n) is 1.27. The van der Waals surface area contributed by atoms with Crippen LogP contribution in [0.15, 0.2) is 18.2 Å². The van der Waals surface area contributed by atoms with Gasteiger partial charge in [0.05, 0.1) is 6.61 Å². The lowest BCUT2D eigenvalue weighted by molar-refractivity contribution is 0.158. The molecule has 0 saturated carbocycles. The first kappa shape index (κ1) is 12.1. The Bertz CT molecular complexity index is 317. The van der Waals surface area contributed by atoms with Gasteiger partial charge in [-0.15, -0.1) is 0 Å². The van der Waals surface area contributed by atoms with Gasteiger partial charge < -0.3 is 4.74 Å². The van der Waals surface area contributed by atoms with Crippen LogP contribution >= 0.6 is 0 Å². The molecule has 0 aliphatic heterocycles. The average Bonchev–Trinajstić information content (AvgIpc) is 2.19. The zero-order valence-electron chi connectivity index (χ0n) is 8.96. The van der Waals surface area contributed by atoms with Gasteiger partial charge in [0.25, 0.3) is 0 Å². The van der Waals surface area contributed by atoms with Gasteiger partial charge in [0, 0.05) is 31.8 Å². The first-order chi connectivity index (χ1) is 7.13. The monoisotopic (exact) mass is 215 g/mol. The van der Waals surface area contributed by atoms with E-state index >= 15 is 0 Å². The summed E-state index contributed by atoms with van der Waals surface area (Å²) in [6, 6.07) is 3.63. The van der Waals surface area contributed by atoms with E-state index in [1.807, 2.05) is 11.9 Å². The highest BCUT2D eigenvalue weighted by Gasteiger charge is 2.06. The maximum Gasteiger partial charge on any atom is 0.130 e. The van der Waals surface area contributed by atoms with Crippen molar-refractivity contribution in [2.45, 2.75) is 6.54 Å². The van der Waals surface area contributed by atoms with Crippen LogP contribution in [-0.4, -0.2) is 32.2 Å². The summed E-state index contributed by atoms with van der Waals surface area (Å²) in [7, 11) is 3.48. The summed E-state index contributed by atoms with van der Waals surface area (Å²) in [5.74, 6) is -1.05. The minimum atomic E-state index is -0.546. The van der Waals surface area contributed by atoms with Gasteiger partial charge in [-0.1, -0.05) is 6.07 Å². The van der Waals surface area contributed by atoms with Gasteiger partial charge in [-0.3, -0.25) is 4.90 Å². The van der Waals surface area contributed by atoms with E-state index in [1.165, 1.54) is 12.1 Å². The quantitative estimate of drug-likeness (QED) is 0.745. The Balaban J connectivity index is 2.56. The third-order valence-corrected chi connectivity index (χ3v) is 2.13. The summed E-state index contributed by atoms with van der Waals surface area (Å²) in [5.41, 5.74) is 0.495. The molecule has 15 heavy (non-hydrogen) atoms. The van der Waals surface area contributed by atoms with E-state index in [1.54, 1.807) is 7.11 Å². The van der Waals surface area contributed by atoms with E-state index in [0.717, 1.165) is 6.07 Å². The Kier molecular flexibility index (Phi) is 4.65. The molecule has 4 heteroatoms. The van der Waals surface area contributed by atoms with Crippen molar-refractivity contribution in [2.75, 3.05) is 27.3 Å². The third kappa shape index (κ3) is 3.93. The van der Waals surface area contributed by atoms with Gasteiger partial charge in [0.2, 0.25) is 0 Å². The fraction of sp³-hybridized carbons (Fsp3) is 0.455. The molecular formula is C11H15F2NO. The maximum atomic E-state index is 13.2. The molecule has 0 aliphatic carbocycles. The van der Waals surface area contributed by atoms with Crippen LogP contribution in [0.3, 0.4) is 0 Å². The first-order valence-electron chi connectivity index (χ1n) is 4.75. The van der Waals surface area contributed by atoms with Crippen molar-refractivity contribution in [1.82, 2.24) is 4.90 Å². The number of nitrogens with zero attached hydrogens (tertiary/aromatic N) is 1. The van der Waals surface area contributed by atoms with E-state index in [9.17, 15) is 8.78 Å². The molecule has 2 nitrogen and oxygen atoms in total. The number of ether oxygens (including phenoxy) is 1. The van der Waals surface area contributed by atoms with Gasteiger partial charge in [0.1, 0.15) is 11.6 Å². The summed E-state index contributed by atoms with van der Waals surface area (Å²) in [4.78, 5) is 1.92. The summed E-state index contributed by atoms with van der Waals surface area (Å²) in [6.07, 6.45) is 0. The summed E-state index contributed by atoms with van der Waals surface area (Å²) in [6.45, 7) is 1.77. The Morgan fingerprint density at radius 1 is 1.33 bits per heavy atom. The predicted molar refractivity (Wildman–Crippen MR) is 54.6 cm³/mol. The lowest BCUT2D eigenvalue weighted by Gasteiger charge is -2.16. The molecule has 1 rings (SSSR count). The van der Waals surface area contributed by atoms with Crippen LogP contribution in [0, 0.1) is 11.6 Å². The molecule has 0 radical (unpaired) electrons. The molecule has 1 aromatic carbocycles. The second-order valence-electron chi connectivity index (χ2n) is 3.47. The Morgan fingerprint density at radius 3 is 2.67 bits per heavy atom. The molecule has 0 unspecified atom stereocenters. The lowest BCUT2D eigenvalue weighted by atomic mass is 10.2. The van der Waals surface area contributed by atoms with E-state index in [0.29, 0.717) is 25.3 Å². The highest BCUT2D eigenvalue weighted by molar-refractivity contribution is 5.18. The van der Waals surface area contributed by atoms with Crippen molar-refractivity contribution in [2.24, 2.45) is 0 Å². The van der Waals surface area contributed by atoms with Gasteiger partial charge >= 0.3 is 0 Å². The molecule has 0 amide bonds. The molecule has 0 spiro atoms. The predicted octanol–water partition coefficient (Wildman–Crippen LogP) is 2.04. The second kappa shape index (κ2) is 5.78. The van der Waals surface area contributed by atoms with Crippen LogP contribution in [0.25, 0.3) is 0 Å². The number of likely N-dealkylation sites (N-methyl/N-ethyl adjacent to an activating group) is 1. The summed E-state index contributed by atoms with van der Waals surface area (Å²) < 4.78 is 30.8. The zero-order chi connectivity index (χ0) is 11.3. The fourth-order valence-corrected chi connectivity index (χ4v) is 1.27. The van der Waals surface area contributed by atoms with Crippen LogP contribution in [0.5, 0.6) is 0 Å². The van der Waals surface area contributed by atoms with Crippen LogP contribution in [0.2, 0.25) is 0 Å². The standard InChI is InChI=1S/C11H15F2NO/c1-14(5-6-15-2)8-9-3-4-10(12)7-11(9)13/h3-4,7H,5-6,8H2,1-2H3. The molecule has 0 bridgehead atoms. The smallest absolute Gasteiger partial charge is 0.130 e. The minimum Gasteiger partial charge on any atom is -0.383 e.